The van der Waals surface area contributed by atoms with Gasteiger partial charge in [0.2, 0.25) is 0 Å². The molecule has 0 spiro atoms. The number of methoxy groups -OCH3 is 1. The molecule has 0 unspecified atom stereocenters. The van der Waals surface area contributed by atoms with Gasteiger partial charge in [-0.25, -0.2) is 4.79 Å². The van der Waals surface area contributed by atoms with Crippen LogP contribution in [0.2, 0.25) is 0 Å². The van der Waals surface area contributed by atoms with Crippen molar-refractivity contribution in [3.05, 3.63) is 35.9 Å². The zero-order chi connectivity index (χ0) is 17.0. The van der Waals surface area contributed by atoms with Gasteiger partial charge in [-0.2, -0.15) is 26.3 Å². The molecule has 0 heterocycles. The third-order valence-electron chi connectivity index (χ3n) is 2.60. The van der Waals surface area contributed by atoms with Gasteiger partial charge in [0.1, 0.15) is 6.61 Å². The monoisotopic (exact) mass is 331 g/mol. The van der Waals surface area contributed by atoms with Crippen molar-refractivity contribution in [2.75, 3.05) is 7.11 Å². The Kier molecular flexibility index (Phi) is 5.28. The smallest absolute Gasteiger partial charge is 0.445 e. The fourth-order valence-electron chi connectivity index (χ4n) is 1.49. The molecule has 0 saturated carbocycles. The number of hydrogen-bond donors (Lipinski definition) is 1. The number of benzene rings is 1. The van der Waals surface area contributed by atoms with E-state index >= 15 is 0 Å². The van der Waals surface area contributed by atoms with Crippen LogP contribution in [-0.2, 0) is 16.1 Å². The minimum absolute atomic E-state index is 0.179. The SMILES string of the molecule is COC(NC(=O)OCc1ccccc1)(C(F)(F)F)C(F)(F)F. The van der Waals surface area contributed by atoms with Crippen LogP contribution in [-0.4, -0.2) is 31.3 Å². The van der Waals surface area contributed by atoms with Crippen LogP contribution in [0, 0.1) is 0 Å². The van der Waals surface area contributed by atoms with Crippen LogP contribution >= 0.6 is 0 Å². The predicted molar refractivity (Wildman–Crippen MR) is 61.6 cm³/mol. The number of hydrogen-bond acceptors (Lipinski definition) is 3. The Morgan fingerprint density at radius 3 is 1.95 bits per heavy atom. The van der Waals surface area contributed by atoms with Gasteiger partial charge >= 0.3 is 24.2 Å². The maximum Gasteiger partial charge on any atom is 0.446 e. The van der Waals surface area contributed by atoms with Crippen LogP contribution in [0.3, 0.4) is 0 Å². The quantitative estimate of drug-likeness (QED) is 0.680. The van der Waals surface area contributed by atoms with Crippen molar-refractivity contribution in [3.8, 4) is 0 Å². The summed E-state index contributed by atoms with van der Waals surface area (Å²) in [5.41, 5.74) is -4.45. The Labute approximate surface area is 121 Å². The molecule has 0 aliphatic rings. The van der Waals surface area contributed by atoms with Gasteiger partial charge in [0.25, 0.3) is 0 Å². The van der Waals surface area contributed by atoms with Gasteiger partial charge in [-0.3, -0.25) is 5.32 Å². The molecule has 0 aliphatic carbocycles. The van der Waals surface area contributed by atoms with Crippen molar-refractivity contribution in [1.29, 1.82) is 0 Å². The minimum atomic E-state index is -5.92. The summed E-state index contributed by atoms with van der Waals surface area (Å²) >= 11 is 0. The molecule has 22 heavy (non-hydrogen) atoms. The Morgan fingerprint density at radius 1 is 1.05 bits per heavy atom. The molecule has 0 fully saturated rings. The van der Waals surface area contributed by atoms with Crippen LogP contribution in [0.1, 0.15) is 5.56 Å². The van der Waals surface area contributed by atoms with E-state index in [1.165, 1.54) is 12.1 Å². The second kappa shape index (κ2) is 6.42. The van der Waals surface area contributed by atoms with Crippen LogP contribution in [0.4, 0.5) is 31.1 Å². The number of carbonyl (C=O) groups excluding carboxylic acids is 1. The summed E-state index contributed by atoms with van der Waals surface area (Å²) in [7, 11) is 0.179. The van der Waals surface area contributed by atoms with E-state index in [0.717, 1.165) is 0 Å². The fourth-order valence-corrected chi connectivity index (χ4v) is 1.49. The van der Waals surface area contributed by atoms with Crippen molar-refractivity contribution in [3.63, 3.8) is 0 Å². The van der Waals surface area contributed by atoms with E-state index < -0.39 is 30.8 Å². The molecule has 0 bridgehead atoms. The van der Waals surface area contributed by atoms with E-state index in [1.807, 2.05) is 0 Å². The lowest BCUT2D eigenvalue weighted by molar-refractivity contribution is -0.382. The number of alkyl carbamates (subject to hydrolysis) is 1. The van der Waals surface area contributed by atoms with Gasteiger partial charge in [-0.15, -0.1) is 0 Å². The summed E-state index contributed by atoms with van der Waals surface area (Å²) in [6, 6.07) is 7.70. The van der Waals surface area contributed by atoms with E-state index in [2.05, 4.69) is 9.47 Å². The first-order valence-electron chi connectivity index (χ1n) is 5.71. The maximum absolute atomic E-state index is 12.7. The number of rotatable bonds is 4. The third-order valence-corrected chi connectivity index (χ3v) is 2.60. The molecule has 124 valence electrons. The predicted octanol–water partition coefficient (Wildman–Crippen LogP) is 3.38. The van der Waals surface area contributed by atoms with E-state index in [1.54, 1.807) is 18.2 Å². The van der Waals surface area contributed by atoms with E-state index in [9.17, 15) is 31.1 Å². The molecule has 4 nitrogen and oxygen atoms in total. The number of ether oxygens (including phenoxy) is 2. The van der Waals surface area contributed by atoms with Crippen molar-refractivity contribution in [2.24, 2.45) is 0 Å². The number of alkyl halides is 6. The molecule has 0 saturated heterocycles. The second-order valence-electron chi connectivity index (χ2n) is 4.07. The van der Waals surface area contributed by atoms with E-state index in [4.69, 9.17) is 0 Å². The number of carbonyl (C=O) groups is 1. The highest BCUT2D eigenvalue weighted by molar-refractivity contribution is 5.68. The van der Waals surface area contributed by atoms with Crippen LogP contribution in [0.5, 0.6) is 0 Å². The van der Waals surface area contributed by atoms with Gasteiger partial charge in [-0.05, 0) is 5.56 Å². The molecular weight excluding hydrogens is 320 g/mol. The Balaban J connectivity index is 2.84. The Hall–Kier alpha value is -1.97. The van der Waals surface area contributed by atoms with Gasteiger partial charge in [0, 0.05) is 7.11 Å². The Bertz CT molecular complexity index is 486. The number of halogens is 6. The summed E-state index contributed by atoms with van der Waals surface area (Å²) in [5, 5.41) is 0.697. The summed E-state index contributed by atoms with van der Waals surface area (Å²) in [5.74, 6) is 0. The average Bonchev–Trinajstić information content (AvgIpc) is 2.41. The molecule has 1 aromatic rings. The summed E-state index contributed by atoms with van der Waals surface area (Å²) in [6.07, 6.45) is -13.8. The van der Waals surface area contributed by atoms with Crippen molar-refractivity contribution in [1.82, 2.24) is 5.32 Å². The highest BCUT2D eigenvalue weighted by Crippen LogP contribution is 2.43. The second-order valence-corrected chi connectivity index (χ2v) is 4.07. The van der Waals surface area contributed by atoms with Gasteiger partial charge < -0.3 is 9.47 Å². The lowest BCUT2D eigenvalue weighted by Crippen LogP contribution is -2.68. The summed E-state index contributed by atoms with van der Waals surface area (Å²) in [4.78, 5) is 11.3. The zero-order valence-corrected chi connectivity index (χ0v) is 11.1. The lowest BCUT2D eigenvalue weighted by atomic mass is 10.2. The molecule has 0 aliphatic heterocycles. The number of nitrogens with one attached hydrogen (secondary N) is 1. The number of amides is 1. The molecule has 1 aromatic carbocycles. The van der Waals surface area contributed by atoms with Crippen molar-refractivity contribution < 1.29 is 40.6 Å². The minimum Gasteiger partial charge on any atom is -0.445 e. The lowest BCUT2D eigenvalue weighted by Gasteiger charge is -2.35. The first-order chi connectivity index (χ1) is 10.0. The Morgan fingerprint density at radius 2 is 1.55 bits per heavy atom. The zero-order valence-electron chi connectivity index (χ0n) is 11.1. The molecule has 10 heteroatoms. The molecule has 1 N–H and O–H groups in total. The molecule has 1 amide bonds. The topological polar surface area (TPSA) is 47.6 Å². The van der Waals surface area contributed by atoms with Crippen molar-refractivity contribution >= 4 is 6.09 Å². The standard InChI is InChI=1S/C12H11F6NO3/c1-21-10(11(13,14)15,12(16,17)18)19-9(20)22-7-8-5-3-2-4-6-8/h2-6H,7H2,1H3,(H,19,20). The van der Waals surface area contributed by atoms with Crippen molar-refractivity contribution in [2.45, 2.75) is 24.7 Å². The molecule has 0 radical (unpaired) electrons. The van der Waals surface area contributed by atoms with E-state index in [-0.39, 0.29) is 7.11 Å². The van der Waals surface area contributed by atoms with Crippen LogP contribution in [0.15, 0.2) is 30.3 Å². The van der Waals surface area contributed by atoms with E-state index in [0.29, 0.717) is 10.9 Å². The van der Waals surface area contributed by atoms with Crippen LogP contribution < -0.4 is 5.32 Å². The van der Waals surface area contributed by atoms with Gasteiger partial charge in [0.15, 0.2) is 0 Å². The molecule has 0 atom stereocenters. The maximum atomic E-state index is 12.7. The summed E-state index contributed by atoms with van der Waals surface area (Å²) < 4.78 is 84.0. The largest absolute Gasteiger partial charge is 0.446 e. The summed E-state index contributed by atoms with van der Waals surface area (Å²) in [6.45, 7) is -0.498. The third kappa shape index (κ3) is 3.81. The molecule has 0 aromatic heterocycles. The first-order valence-corrected chi connectivity index (χ1v) is 5.71. The normalized spacial score (nSPS) is 12.9. The fraction of sp³-hybridized carbons (Fsp3) is 0.417. The van der Waals surface area contributed by atoms with Crippen LogP contribution in [0.25, 0.3) is 0 Å². The average molecular weight is 331 g/mol. The van der Waals surface area contributed by atoms with Gasteiger partial charge in [0.05, 0.1) is 0 Å². The highest BCUT2D eigenvalue weighted by atomic mass is 19.4. The molecular formula is C12H11F6NO3. The highest BCUT2D eigenvalue weighted by Gasteiger charge is 2.73. The van der Waals surface area contributed by atoms with Gasteiger partial charge in [-0.1, -0.05) is 30.3 Å². The molecule has 1 rings (SSSR count). The first kappa shape index (κ1) is 18.1.